The lowest BCUT2D eigenvalue weighted by molar-refractivity contribution is -0.139. The second-order valence-corrected chi connectivity index (χ2v) is 9.32. The van der Waals surface area contributed by atoms with Gasteiger partial charge in [0.05, 0.1) is 7.11 Å². The molecule has 1 aromatic heterocycles. The highest BCUT2D eigenvalue weighted by Gasteiger charge is 2.27. The van der Waals surface area contributed by atoms with Crippen molar-refractivity contribution in [2.24, 2.45) is 0 Å². The van der Waals surface area contributed by atoms with Crippen LogP contribution >= 0.6 is 23.4 Å². The second-order valence-electron chi connectivity index (χ2n) is 7.94. The first-order valence-corrected chi connectivity index (χ1v) is 12.5. The Kier molecular flexibility index (Phi) is 7.29. The van der Waals surface area contributed by atoms with E-state index in [0.717, 1.165) is 22.4 Å². The molecule has 1 aliphatic heterocycles. The number of nitrogens with zero attached hydrogens (tertiary/aromatic N) is 3. The maximum absolute atomic E-state index is 10.9. The molecule has 0 unspecified atom stereocenters. The standard InChI is InChI=1S/C26H21ClN4O5S/c1-34-21-12-16(8-11-20(21)35-13-22(32)33)24-28-19-5-3-2-4-18(19)23-25(36-24)29-26(31-30-23)37-14-15-6-9-17(27)10-7-15/h2-12,24,28H,13-14H2,1H3,(H,32,33)/t24-/m1/s1. The van der Waals surface area contributed by atoms with Gasteiger partial charge in [-0.2, -0.15) is 4.98 Å². The van der Waals surface area contributed by atoms with E-state index in [2.05, 4.69) is 20.5 Å². The molecule has 0 amide bonds. The van der Waals surface area contributed by atoms with Crippen molar-refractivity contribution in [3.8, 4) is 28.6 Å². The van der Waals surface area contributed by atoms with Crippen molar-refractivity contribution in [2.45, 2.75) is 17.1 Å². The highest BCUT2D eigenvalue weighted by molar-refractivity contribution is 7.98. The molecule has 1 atom stereocenters. The Balaban J connectivity index is 1.45. The molecule has 11 heteroatoms. The number of benzene rings is 3. The van der Waals surface area contributed by atoms with Crippen molar-refractivity contribution in [1.29, 1.82) is 0 Å². The molecule has 0 spiro atoms. The number of carbonyl (C=O) groups is 1. The summed E-state index contributed by atoms with van der Waals surface area (Å²) in [5.41, 5.74) is 3.93. The van der Waals surface area contributed by atoms with E-state index < -0.39 is 18.8 Å². The number of nitrogens with one attached hydrogen (secondary N) is 1. The topological polar surface area (TPSA) is 116 Å². The van der Waals surface area contributed by atoms with Crippen LogP contribution in [0.5, 0.6) is 17.4 Å². The summed E-state index contributed by atoms with van der Waals surface area (Å²) in [5, 5.41) is 22.2. The fraction of sp³-hybridized carbons (Fsp3) is 0.154. The van der Waals surface area contributed by atoms with Gasteiger partial charge in [-0.15, -0.1) is 10.2 Å². The third kappa shape index (κ3) is 5.71. The van der Waals surface area contributed by atoms with Gasteiger partial charge < -0.3 is 24.6 Å². The van der Waals surface area contributed by atoms with Crippen LogP contribution in [0.1, 0.15) is 17.4 Å². The number of methoxy groups -OCH3 is 1. The van der Waals surface area contributed by atoms with Crippen LogP contribution in [0.2, 0.25) is 5.02 Å². The van der Waals surface area contributed by atoms with Crippen LogP contribution in [-0.2, 0) is 10.5 Å². The number of carboxylic acids is 1. The van der Waals surface area contributed by atoms with Crippen LogP contribution in [-0.4, -0.2) is 40.0 Å². The number of para-hydroxylation sites is 1. The average molecular weight is 537 g/mol. The molecular formula is C26H21ClN4O5S. The van der Waals surface area contributed by atoms with Gasteiger partial charge in [0.2, 0.25) is 11.0 Å². The largest absolute Gasteiger partial charge is 0.493 e. The first kappa shape index (κ1) is 24.7. The number of aromatic nitrogens is 3. The summed E-state index contributed by atoms with van der Waals surface area (Å²) >= 11 is 7.42. The zero-order valence-corrected chi connectivity index (χ0v) is 21.1. The Hall–Kier alpha value is -4.02. The zero-order valence-electron chi connectivity index (χ0n) is 19.6. The van der Waals surface area contributed by atoms with Crippen LogP contribution in [0.25, 0.3) is 11.3 Å². The minimum Gasteiger partial charge on any atom is -0.493 e. The summed E-state index contributed by atoms with van der Waals surface area (Å²) in [5.74, 6) is 0.589. The van der Waals surface area contributed by atoms with Gasteiger partial charge in [-0.3, -0.25) is 0 Å². The van der Waals surface area contributed by atoms with E-state index in [1.165, 1.54) is 18.9 Å². The first-order chi connectivity index (χ1) is 18.0. The smallest absolute Gasteiger partial charge is 0.341 e. The van der Waals surface area contributed by atoms with Crippen molar-refractivity contribution in [3.63, 3.8) is 0 Å². The molecule has 4 aromatic rings. The van der Waals surface area contributed by atoms with Crippen molar-refractivity contribution < 1.29 is 24.1 Å². The van der Waals surface area contributed by atoms with Crippen LogP contribution in [0.15, 0.2) is 71.9 Å². The molecular weight excluding hydrogens is 516 g/mol. The van der Waals surface area contributed by atoms with Gasteiger partial charge in [0.25, 0.3) is 0 Å². The summed E-state index contributed by atoms with van der Waals surface area (Å²) < 4.78 is 17.1. The Morgan fingerprint density at radius 1 is 1.11 bits per heavy atom. The molecule has 3 aromatic carbocycles. The molecule has 0 aliphatic carbocycles. The lowest BCUT2D eigenvalue weighted by Crippen LogP contribution is -2.17. The maximum Gasteiger partial charge on any atom is 0.341 e. The minimum atomic E-state index is -1.08. The lowest BCUT2D eigenvalue weighted by Gasteiger charge is -2.20. The van der Waals surface area contributed by atoms with Crippen LogP contribution in [0.3, 0.4) is 0 Å². The van der Waals surface area contributed by atoms with Gasteiger partial charge >= 0.3 is 5.97 Å². The molecule has 0 bridgehead atoms. The monoisotopic (exact) mass is 536 g/mol. The quantitative estimate of drug-likeness (QED) is 0.281. The summed E-state index contributed by atoms with van der Waals surface area (Å²) in [4.78, 5) is 15.6. The van der Waals surface area contributed by atoms with E-state index in [-0.39, 0.29) is 0 Å². The molecule has 1 aliphatic rings. The molecule has 0 fully saturated rings. The summed E-state index contributed by atoms with van der Waals surface area (Å²) in [6, 6.07) is 20.4. The Bertz CT molecular complexity index is 1440. The molecule has 5 rings (SSSR count). The lowest BCUT2D eigenvalue weighted by atomic mass is 10.1. The number of hydrogen-bond acceptors (Lipinski definition) is 9. The summed E-state index contributed by atoms with van der Waals surface area (Å²) in [7, 11) is 1.49. The highest BCUT2D eigenvalue weighted by atomic mass is 35.5. The van der Waals surface area contributed by atoms with Crippen molar-refractivity contribution in [1.82, 2.24) is 15.2 Å². The number of thioether (sulfide) groups is 1. The Labute approximate surface area is 221 Å². The summed E-state index contributed by atoms with van der Waals surface area (Å²) in [6.07, 6.45) is -0.643. The molecule has 37 heavy (non-hydrogen) atoms. The SMILES string of the molecule is COc1cc([C@@H]2Nc3ccccc3-c3nnc(SCc4ccc(Cl)cc4)nc3O2)ccc1OCC(=O)O. The Morgan fingerprint density at radius 2 is 1.92 bits per heavy atom. The minimum absolute atomic E-state index is 0.313. The van der Waals surface area contributed by atoms with Gasteiger partial charge in [0.1, 0.15) is 0 Å². The number of hydrogen-bond donors (Lipinski definition) is 2. The second kappa shape index (κ2) is 10.9. The number of fused-ring (bicyclic) bond motifs is 3. The molecule has 2 heterocycles. The number of rotatable bonds is 8. The van der Waals surface area contributed by atoms with Crippen molar-refractivity contribution in [2.75, 3.05) is 19.0 Å². The number of ether oxygens (including phenoxy) is 3. The molecule has 0 radical (unpaired) electrons. The van der Waals surface area contributed by atoms with Gasteiger partial charge in [-0.1, -0.05) is 53.7 Å². The van der Waals surface area contributed by atoms with E-state index in [1.807, 2.05) is 48.5 Å². The zero-order chi connectivity index (χ0) is 25.8. The molecule has 0 saturated heterocycles. The van der Waals surface area contributed by atoms with E-state index in [4.69, 9.17) is 30.9 Å². The van der Waals surface area contributed by atoms with E-state index in [0.29, 0.717) is 39.0 Å². The number of halogens is 1. The first-order valence-electron chi connectivity index (χ1n) is 11.2. The van der Waals surface area contributed by atoms with Gasteiger partial charge in [0, 0.05) is 27.6 Å². The normalized spacial score (nSPS) is 13.8. The third-order valence-corrected chi connectivity index (χ3v) is 6.62. The predicted molar refractivity (Wildman–Crippen MR) is 139 cm³/mol. The average Bonchev–Trinajstić information content (AvgIpc) is 3.08. The number of anilines is 1. The number of carboxylic acid groups (broad SMARTS) is 1. The van der Waals surface area contributed by atoms with Crippen molar-refractivity contribution in [3.05, 3.63) is 82.9 Å². The van der Waals surface area contributed by atoms with Gasteiger partial charge in [0.15, 0.2) is 30.0 Å². The predicted octanol–water partition coefficient (Wildman–Crippen LogP) is 5.46. The van der Waals surface area contributed by atoms with E-state index >= 15 is 0 Å². The highest BCUT2D eigenvalue weighted by Crippen LogP contribution is 2.41. The fourth-order valence-electron chi connectivity index (χ4n) is 3.69. The summed E-state index contributed by atoms with van der Waals surface area (Å²) in [6.45, 7) is -0.478. The fourth-order valence-corrected chi connectivity index (χ4v) is 4.55. The van der Waals surface area contributed by atoms with Crippen molar-refractivity contribution >= 4 is 35.0 Å². The maximum atomic E-state index is 10.9. The molecule has 9 nitrogen and oxygen atoms in total. The molecule has 188 valence electrons. The van der Waals surface area contributed by atoms with Crippen LogP contribution in [0, 0.1) is 0 Å². The van der Waals surface area contributed by atoms with Crippen LogP contribution < -0.4 is 19.5 Å². The van der Waals surface area contributed by atoms with Crippen LogP contribution in [0.4, 0.5) is 5.69 Å². The van der Waals surface area contributed by atoms with Gasteiger partial charge in [-0.05, 0) is 42.0 Å². The molecule has 0 saturated carbocycles. The van der Waals surface area contributed by atoms with E-state index in [9.17, 15) is 4.79 Å². The van der Waals surface area contributed by atoms with E-state index in [1.54, 1.807) is 18.2 Å². The van der Waals surface area contributed by atoms with Gasteiger partial charge in [-0.25, -0.2) is 4.79 Å². The molecule has 2 N–H and O–H groups in total. The number of aliphatic carboxylic acids is 1. The third-order valence-electron chi connectivity index (χ3n) is 5.46. The Morgan fingerprint density at radius 3 is 2.70 bits per heavy atom.